The third-order valence-electron chi connectivity index (χ3n) is 3.40. The molecule has 0 bridgehead atoms. The maximum Gasteiger partial charge on any atom is 0.143 e. The number of allylic oxidation sites excluding steroid dienone is 5. The minimum absolute atomic E-state index is 0.908. The number of para-hydroxylation sites is 1. The Labute approximate surface area is 132 Å². The molecule has 0 amide bonds. The SMILES string of the molecule is C=C/C=C(\C=C/C)c1cc(Br)cc2c1oc1ccccc12. The van der Waals surface area contributed by atoms with Crippen LogP contribution in [0.2, 0.25) is 0 Å². The zero-order valence-corrected chi connectivity index (χ0v) is 13.4. The zero-order chi connectivity index (χ0) is 14.8. The van der Waals surface area contributed by atoms with Gasteiger partial charge in [-0.3, -0.25) is 0 Å². The van der Waals surface area contributed by atoms with Gasteiger partial charge in [-0.25, -0.2) is 0 Å². The van der Waals surface area contributed by atoms with E-state index in [0.717, 1.165) is 37.5 Å². The molecule has 1 aromatic heterocycles. The van der Waals surface area contributed by atoms with E-state index in [-0.39, 0.29) is 0 Å². The summed E-state index contributed by atoms with van der Waals surface area (Å²) < 4.78 is 7.12. The highest BCUT2D eigenvalue weighted by atomic mass is 79.9. The second-order valence-electron chi connectivity index (χ2n) is 4.79. The molecule has 0 spiro atoms. The van der Waals surface area contributed by atoms with E-state index in [1.54, 1.807) is 6.08 Å². The Kier molecular flexibility index (Phi) is 3.80. The number of benzene rings is 2. The fourth-order valence-corrected chi connectivity index (χ4v) is 3.01. The molecule has 3 aromatic rings. The summed E-state index contributed by atoms with van der Waals surface area (Å²) in [6.45, 7) is 5.81. The van der Waals surface area contributed by atoms with Gasteiger partial charge in [0.25, 0.3) is 0 Å². The van der Waals surface area contributed by atoms with Gasteiger partial charge in [-0.05, 0) is 30.7 Å². The van der Waals surface area contributed by atoms with Crippen molar-refractivity contribution in [2.75, 3.05) is 0 Å². The minimum Gasteiger partial charge on any atom is -0.455 e. The number of furan rings is 1. The van der Waals surface area contributed by atoms with E-state index in [9.17, 15) is 0 Å². The van der Waals surface area contributed by atoms with Crippen molar-refractivity contribution in [3.8, 4) is 0 Å². The van der Waals surface area contributed by atoms with Gasteiger partial charge in [-0.15, -0.1) is 0 Å². The molecule has 0 aliphatic heterocycles. The summed E-state index contributed by atoms with van der Waals surface area (Å²) in [6, 6.07) is 12.3. The molecule has 0 atom stereocenters. The summed E-state index contributed by atoms with van der Waals surface area (Å²) in [5.41, 5.74) is 3.96. The molecular formula is C19H15BrO. The average Bonchev–Trinajstić information content (AvgIpc) is 2.85. The Morgan fingerprint density at radius 1 is 1.19 bits per heavy atom. The Morgan fingerprint density at radius 2 is 2.00 bits per heavy atom. The molecular weight excluding hydrogens is 324 g/mol. The Bertz CT molecular complexity index is 881. The van der Waals surface area contributed by atoms with Gasteiger partial charge >= 0.3 is 0 Å². The van der Waals surface area contributed by atoms with Crippen LogP contribution >= 0.6 is 15.9 Å². The summed E-state index contributed by atoms with van der Waals surface area (Å²) in [6.07, 6.45) is 7.87. The van der Waals surface area contributed by atoms with E-state index in [1.807, 2.05) is 37.3 Å². The molecule has 2 heteroatoms. The molecule has 0 N–H and O–H groups in total. The second-order valence-corrected chi connectivity index (χ2v) is 5.70. The second kappa shape index (κ2) is 5.74. The fraction of sp³-hybridized carbons (Fsp3) is 0.0526. The largest absolute Gasteiger partial charge is 0.455 e. The highest BCUT2D eigenvalue weighted by Crippen LogP contribution is 2.36. The van der Waals surface area contributed by atoms with Crippen molar-refractivity contribution in [1.29, 1.82) is 0 Å². The highest BCUT2D eigenvalue weighted by molar-refractivity contribution is 9.10. The normalized spacial score (nSPS) is 12.6. The van der Waals surface area contributed by atoms with E-state index >= 15 is 0 Å². The summed E-state index contributed by atoms with van der Waals surface area (Å²) in [5, 5.41) is 2.25. The van der Waals surface area contributed by atoms with Gasteiger partial charge in [0, 0.05) is 20.8 Å². The summed E-state index contributed by atoms with van der Waals surface area (Å²) in [7, 11) is 0. The standard InChI is InChI=1S/C19H15BrO/c1-3-7-13(8-4-2)16-11-14(20)12-17-15-9-5-6-10-18(15)21-19(16)17/h3-12H,1H2,2H3/b8-4-,13-7+. The number of rotatable bonds is 3. The third kappa shape index (κ3) is 2.47. The highest BCUT2D eigenvalue weighted by Gasteiger charge is 2.13. The molecule has 3 rings (SSSR count). The van der Waals surface area contributed by atoms with E-state index < -0.39 is 0 Å². The topological polar surface area (TPSA) is 13.1 Å². The summed E-state index contributed by atoms with van der Waals surface area (Å²) >= 11 is 3.61. The van der Waals surface area contributed by atoms with Crippen molar-refractivity contribution in [2.45, 2.75) is 6.92 Å². The van der Waals surface area contributed by atoms with Crippen LogP contribution in [-0.4, -0.2) is 0 Å². The number of fused-ring (bicyclic) bond motifs is 3. The number of hydrogen-bond acceptors (Lipinski definition) is 1. The van der Waals surface area contributed by atoms with Crippen LogP contribution < -0.4 is 0 Å². The first kappa shape index (κ1) is 13.9. The molecule has 0 aliphatic carbocycles. The lowest BCUT2D eigenvalue weighted by atomic mass is 10.0. The molecule has 0 radical (unpaired) electrons. The van der Waals surface area contributed by atoms with Gasteiger partial charge < -0.3 is 4.42 Å². The van der Waals surface area contributed by atoms with Gasteiger partial charge in [0.1, 0.15) is 11.2 Å². The smallest absolute Gasteiger partial charge is 0.143 e. The van der Waals surface area contributed by atoms with Crippen molar-refractivity contribution >= 4 is 43.4 Å². The molecule has 2 aromatic carbocycles. The van der Waals surface area contributed by atoms with Gasteiger partial charge in [0.05, 0.1) is 0 Å². The van der Waals surface area contributed by atoms with Crippen LogP contribution in [0.25, 0.3) is 27.5 Å². The Balaban J connectivity index is 2.42. The molecule has 1 heterocycles. The number of halogens is 1. The first-order valence-electron chi connectivity index (χ1n) is 6.81. The molecule has 104 valence electrons. The molecule has 0 aliphatic rings. The minimum atomic E-state index is 0.908. The van der Waals surface area contributed by atoms with Crippen molar-refractivity contribution in [3.63, 3.8) is 0 Å². The van der Waals surface area contributed by atoms with Crippen LogP contribution in [-0.2, 0) is 0 Å². The summed E-state index contributed by atoms with van der Waals surface area (Å²) in [4.78, 5) is 0. The number of hydrogen-bond donors (Lipinski definition) is 0. The van der Waals surface area contributed by atoms with E-state index in [2.05, 4.69) is 46.8 Å². The maximum absolute atomic E-state index is 6.08. The first-order chi connectivity index (χ1) is 10.2. The Hall–Kier alpha value is -2.06. The molecule has 0 unspecified atom stereocenters. The Morgan fingerprint density at radius 3 is 2.76 bits per heavy atom. The fourth-order valence-electron chi connectivity index (χ4n) is 2.55. The van der Waals surface area contributed by atoms with Gasteiger partial charge in [-0.2, -0.15) is 0 Å². The van der Waals surface area contributed by atoms with Crippen LogP contribution in [0.3, 0.4) is 0 Å². The predicted octanol–water partition coefficient (Wildman–Crippen LogP) is 6.49. The van der Waals surface area contributed by atoms with Crippen LogP contribution in [0.1, 0.15) is 12.5 Å². The van der Waals surface area contributed by atoms with Crippen molar-refractivity contribution in [1.82, 2.24) is 0 Å². The molecule has 0 fully saturated rings. The van der Waals surface area contributed by atoms with Crippen LogP contribution in [0.5, 0.6) is 0 Å². The van der Waals surface area contributed by atoms with Crippen molar-refractivity contribution in [2.24, 2.45) is 0 Å². The molecule has 0 saturated heterocycles. The van der Waals surface area contributed by atoms with Crippen molar-refractivity contribution < 1.29 is 4.42 Å². The van der Waals surface area contributed by atoms with Gasteiger partial charge in [0.15, 0.2) is 0 Å². The monoisotopic (exact) mass is 338 g/mol. The van der Waals surface area contributed by atoms with E-state index in [1.165, 1.54) is 0 Å². The maximum atomic E-state index is 6.08. The van der Waals surface area contributed by atoms with E-state index in [4.69, 9.17) is 4.42 Å². The molecule has 21 heavy (non-hydrogen) atoms. The van der Waals surface area contributed by atoms with E-state index in [0.29, 0.717) is 0 Å². The quantitative estimate of drug-likeness (QED) is 0.497. The first-order valence-corrected chi connectivity index (χ1v) is 7.60. The average molecular weight is 339 g/mol. The molecule has 0 saturated carbocycles. The van der Waals surface area contributed by atoms with Crippen molar-refractivity contribution in [3.05, 3.63) is 77.3 Å². The third-order valence-corrected chi connectivity index (χ3v) is 3.86. The summed E-state index contributed by atoms with van der Waals surface area (Å²) in [5.74, 6) is 0. The van der Waals surface area contributed by atoms with Crippen LogP contribution in [0.4, 0.5) is 0 Å². The lowest BCUT2D eigenvalue weighted by Crippen LogP contribution is -1.83. The van der Waals surface area contributed by atoms with Crippen LogP contribution in [0, 0.1) is 0 Å². The van der Waals surface area contributed by atoms with Gasteiger partial charge in [0.2, 0.25) is 0 Å². The molecule has 1 nitrogen and oxygen atoms in total. The lowest BCUT2D eigenvalue weighted by Gasteiger charge is -2.04. The van der Waals surface area contributed by atoms with Gasteiger partial charge in [-0.1, -0.05) is 65.0 Å². The van der Waals surface area contributed by atoms with Crippen LogP contribution in [0.15, 0.2) is 76.2 Å². The predicted molar refractivity (Wildman–Crippen MR) is 94.4 cm³/mol. The zero-order valence-electron chi connectivity index (χ0n) is 11.8. The lowest BCUT2D eigenvalue weighted by molar-refractivity contribution is 0.667.